The van der Waals surface area contributed by atoms with Crippen LogP contribution >= 0.6 is 0 Å². The smallest absolute Gasteiger partial charge is 0.410 e. The standard InChI is InChI=1S/C16H28N2O3/c1-12(10-17-14(19)13-8-6-7-9-13)11-18(5)15(20)21-16(2,3)4/h6-7,12-13H,8-11H2,1-5H3,(H,17,19). The molecule has 0 aromatic heterocycles. The van der Waals surface area contributed by atoms with Crippen LogP contribution in [0.5, 0.6) is 0 Å². The number of hydrogen-bond acceptors (Lipinski definition) is 3. The Bertz CT molecular complexity index is 391. The zero-order valence-corrected chi connectivity index (χ0v) is 13.8. The van der Waals surface area contributed by atoms with E-state index in [9.17, 15) is 9.59 Å². The number of allylic oxidation sites excluding steroid dienone is 2. The Morgan fingerprint density at radius 3 is 2.43 bits per heavy atom. The summed E-state index contributed by atoms with van der Waals surface area (Å²) in [6.45, 7) is 8.67. The molecule has 21 heavy (non-hydrogen) atoms. The minimum Gasteiger partial charge on any atom is -0.444 e. The first-order chi connectivity index (χ1) is 9.69. The number of carbonyl (C=O) groups excluding carboxylic acids is 2. The Hall–Kier alpha value is -1.52. The quantitative estimate of drug-likeness (QED) is 0.793. The van der Waals surface area contributed by atoms with Gasteiger partial charge in [-0.1, -0.05) is 19.1 Å². The van der Waals surface area contributed by atoms with Gasteiger partial charge in [0.1, 0.15) is 5.60 Å². The van der Waals surface area contributed by atoms with Crippen LogP contribution in [0.1, 0.15) is 40.5 Å². The van der Waals surface area contributed by atoms with Crippen LogP contribution < -0.4 is 5.32 Å². The molecule has 1 atom stereocenters. The van der Waals surface area contributed by atoms with Crippen LogP contribution in [0.3, 0.4) is 0 Å². The van der Waals surface area contributed by atoms with Gasteiger partial charge in [-0.15, -0.1) is 0 Å². The molecule has 0 aromatic rings. The highest BCUT2D eigenvalue weighted by Gasteiger charge is 2.22. The third kappa shape index (κ3) is 6.65. The Morgan fingerprint density at radius 1 is 1.33 bits per heavy atom. The van der Waals surface area contributed by atoms with E-state index in [0.29, 0.717) is 13.1 Å². The van der Waals surface area contributed by atoms with E-state index in [1.54, 1.807) is 11.9 Å². The molecule has 1 N–H and O–H groups in total. The second-order valence-electron chi connectivity index (χ2n) is 6.85. The molecule has 1 aliphatic rings. The zero-order chi connectivity index (χ0) is 16.0. The monoisotopic (exact) mass is 296 g/mol. The highest BCUT2D eigenvalue weighted by molar-refractivity contribution is 5.79. The van der Waals surface area contributed by atoms with Crippen LogP contribution in [-0.2, 0) is 9.53 Å². The lowest BCUT2D eigenvalue weighted by molar-refractivity contribution is -0.124. The summed E-state index contributed by atoms with van der Waals surface area (Å²) in [7, 11) is 1.72. The van der Waals surface area contributed by atoms with E-state index in [4.69, 9.17) is 4.74 Å². The molecule has 0 spiro atoms. The van der Waals surface area contributed by atoms with Crippen molar-refractivity contribution in [3.63, 3.8) is 0 Å². The zero-order valence-electron chi connectivity index (χ0n) is 13.8. The van der Waals surface area contributed by atoms with Gasteiger partial charge in [0.2, 0.25) is 5.91 Å². The van der Waals surface area contributed by atoms with E-state index < -0.39 is 5.60 Å². The molecule has 1 rings (SSSR count). The van der Waals surface area contributed by atoms with Gasteiger partial charge in [0.15, 0.2) is 0 Å². The summed E-state index contributed by atoms with van der Waals surface area (Å²) >= 11 is 0. The lowest BCUT2D eigenvalue weighted by Crippen LogP contribution is -2.40. The lowest BCUT2D eigenvalue weighted by atomic mass is 10.1. The SMILES string of the molecule is CC(CNC(=O)C1CC=CC1)CN(C)C(=O)OC(C)(C)C. The number of nitrogens with zero attached hydrogens (tertiary/aromatic N) is 1. The van der Waals surface area contributed by atoms with Crippen molar-refractivity contribution in [1.82, 2.24) is 10.2 Å². The maximum atomic E-state index is 11.9. The largest absolute Gasteiger partial charge is 0.444 e. The summed E-state index contributed by atoms with van der Waals surface area (Å²) < 4.78 is 5.30. The fourth-order valence-corrected chi connectivity index (χ4v) is 2.20. The highest BCUT2D eigenvalue weighted by atomic mass is 16.6. The van der Waals surface area contributed by atoms with Crippen molar-refractivity contribution < 1.29 is 14.3 Å². The third-order valence-electron chi connectivity index (χ3n) is 3.29. The summed E-state index contributed by atoms with van der Waals surface area (Å²) in [6.07, 6.45) is 5.42. The van der Waals surface area contributed by atoms with Crippen molar-refractivity contribution >= 4 is 12.0 Å². The van der Waals surface area contributed by atoms with Crippen LogP contribution in [-0.4, -0.2) is 42.6 Å². The van der Waals surface area contributed by atoms with E-state index in [0.717, 1.165) is 12.8 Å². The van der Waals surface area contributed by atoms with Crippen molar-refractivity contribution in [1.29, 1.82) is 0 Å². The number of rotatable bonds is 5. The molecule has 5 heteroatoms. The molecule has 5 nitrogen and oxygen atoms in total. The fourth-order valence-electron chi connectivity index (χ4n) is 2.20. The minimum atomic E-state index is -0.488. The molecular formula is C16H28N2O3. The summed E-state index contributed by atoms with van der Waals surface area (Å²) in [6, 6.07) is 0. The van der Waals surface area contributed by atoms with E-state index in [-0.39, 0.29) is 23.8 Å². The van der Waals surface area contributed by atoms with Crippen LogP contribution in [0.2, 0.25) is 0 Å². The number of ether oxygens (including phenoxy) is 1. The van der Waals surface area contributed by atoms with Gasteiger partial charge < -0.3 is 15.0 Å². The third-order valence-corrected chi connectivity index (χ3v) is 3.29. The summed E-state index contributed by atoms with van der Waals surface area (Å²) in [4.78, 5) is 25.3. The van der Waals surface area contributed by atoms with Crippen LogP contribution in [0, 0.1) is 11.8 Å². The first kappa shape index (κ1) is 17.5. The maximum Gasteiger partial charge on any atom is 0.410 e. The van der Waals surface area contributed by atoms with E-state index in [1.807, 2.05) is 39.8 Å². The topological polar surface area (TPSA) is 58.6 Å². The predicted molar refractivity (Wildman–Crippen MR) is 82.9 cm³/mol. The summed E-state index contributed by atoms with van der Waals surface area (Å²) in [5.41, 5.74) is -0.488. The summed E-state index contributed by atoms with van der Waals surface area (Å²) in [5.74, 6) is 0.369. The highest BCUT2D eigenvalue weighted by Crippen LogP contribution is 2.17. The van der Waals surface area contributed by atoms with Gasteiger partial charge in [0, 0.05) is 26.1 Å². The van der Waals surface area contributed by atoms with E-state index in [2.05, 4.69) is 5.32 Å². The van der Waals surface area contributed by atoms with E-state index in [1.165, 1.54) is 0 Å². The van der Waals surface area contributed by atoms with Gasteiger partial charge in [-0.05, 0) is 39.5 Å². The molecule has 0 fully saturated rings. The number of nitrogens with one attached hydrogen (secondary N) is 1. The van der Waals surface area contributed by atoms with Gasteiger partial charge >= 0.3 is 6.09 Å². The molecule has 2 amide bonds. The molecule has 0 bridgehead atoms. The Labute approximate surface area is 127 Å². The van der Waals surface area contributed by atoms with Gasteiger partial charge in [-0.25, -0.2) is 4.79 Å². The normalized spacial score (nSPS) is 16.6. The second-order valence-corrected chi connectivity index (χ2v) is 6.85. The first-order valence-corrected chi connectivity index (χ1v) is 7.56. The van der Waals surface area contributed by atoms with Crippen molar-refractivity contribution in [3.05, 3.63) is 12.2 Å². The molecule has 0 saturated carbocycles. The maximum absolute atomic E-state index is 11.9. The van der Waals surface area contributed by atoms with Gasteiger partial charge in [0.25, 0.3) is 0 Å². The second kappa shape index (κ2) is 7.48. The Balaban J connectivity index is 2.27. The minimum absolute atomic E-state index is 0.0841. The molecule has 1 aliphatic carbocycles. The molecule has 1 unspecified atom stereocenters. The number of carbonyl (C=O) groups is 2. The Morgan fingerprint density at radius 2 is 1.90 bits per heavy atom. The average Bonchev–Trinajstić information content (AvgIpc) is 2.87. The molecule has 0 radical (unpaired) electrons. The van der Waals surface area contributed by atoms with Crippen molar-refractivity contribution in [3.8, 4) is 0 Å². The van der Waals surface area contributed by atoms with Crippen molar-refractivity contribution in [2.45, 2.75) is 46.1 Å². The molecule has 0 saturated heterocycles. The fraction of sp³-hybridized carbons (Fsp3) is 0.750. The van der Waals surface area contributed by atoms with Crippen LogP contribution in [0.25, 0.3) is 0 Å². The Kier molecular flexibility index (Phi) is 6.24. The van der Waals surface area contributed by atoms with Gasteiger partial charge in [0.05, 0.1) is 0 Å². The van der Waals surface area contributed by atoms with Crippen molar-refractivity contribution in [2.24, 2.45) is 11.8 Å². The van der Waals surface area contributed by atoms with Crippen LogP contribution in [0.4, 0.5) is 4.79 Å². The molecule has 0 heterocycles. The van der Waals surface area contributed by atoms with Crippen molar-refractivity contribution in [2.75, 3.05) is 20.1 Å². The summed E-state index contributed by atoms with van der Waals surface area (Å²) in [5, 5.41) is 2.96. The lowest BCUT2D eigenvalue weighted by Gasteiger charge is -2.26. The number of hydrogen-bond donors (Lipinski definition) is 1. The number of amides is 2. The molecular weight excluding hydrogens is 268 g/mol. The van der Waals surface area contributed by atoms with Crippen LogP contribution in [0.15, 0.2) is 12.2 Å². The first-order valence-electron chi connectivity index (χ1n) is 7.56. The average molecular weight is 296 g/mol. The van der Waals surface area contributed by atoms with Gasteiger partial charge in [-0.2, -0.15) is 0 Å². The van der Waals surface area contributed by atoms with Gasteiger partial charge in [-0.3, -0.25) is 4.79 Å². The van der Waals surface area contributed by atoms with E-state index >= 15 is 0 Å². The molecule has 0 aliphatic heterocycles. The predicted octanol–water partition coefficient (Wildman–Crippen LogP) is 2.57. The molecule has 120 valence electrons. The molecule has 0 aromatic carbocycles.